The van der Waals surface area contributed by atoms with Crippen LogP contribution in [0.3, 0.4) is 0 Å². The molecule has 0 heterocycles. The average Bonchev–Trinajstić information content (AvgIpc) is 2.30. The fraction of sp³-hybridized carbons (Fsp3) is 0.0769. The van der Waals surface area contributed by atoms with Gasteiger partial charge in [-0.05, 0) is 46.3 Å². The minimum Gasteiger partial charge on any atom is -0.488 e. The number of hydrogen-bond donors (Lipinski definition) is 0. The maximum absolute atomic E-state index is 12.9. The Hall–Kier alpha value is -0.390. The predicted molar refractivity (Wildman–Crippen MR) is 80.3 cm³/mol. The molecule has 0 unspecified atom stereocenters. The second-order valence-electron chi connectivity index (χ2n) is 3.60. The maximum atomic E-state index is 12.9. The second kappa shape index (κ2) is 6.17. The van der Waals surface area contributed by atoms with Crippen molar-refractivity contribution in [1.29, 1.82) is 0 Å². The highest BCUT2D eigenvalue weighted by Crippen LogP contribution is 2.29. The molecule has 0 aliphatic rings. The number of hydrogen-bond acceptors (Lipinski definition) is 1. The summed E-state index contributed by atoms with van der Waals surface area (Å²) in [6.07, 6.45) is 0. The molecule has 0 radical (unpaired) electrons. The molecule has 0 aromatic heterocycles. The molecule has 0 bridgehead atoms. The van der Waals surface area contributed by atoms with Crippen molar-refractivity contribution >= 4 is 47.8 Å². The lowest BCUT2D eigenvalue weighted by atomic mass is 10.2. The standard InChI is InChI=1S/C13H8Br3FO/c14-9-2-4-13(12(16)5-9)18-7-8-1-3-10(17)6-11(8)15/h1-6H,7H2. The summed E-state index contributed by atoms with van der Waals surface area (Å²) in [5.41, 5.74) is 0.895. The van der Waals surface area contributed by atoms with Crippen molar-refractivity contribution in [3.05, 3.63) is 61.2 Å². The Bertz CT molecular complexity index is 521. The van der Waals surface area contributed by atoms with Crippen molar-refractivity contribution in [2.24, 2.45) is 0 Å². The van der Waals surface area contributed by atoms with Gasteiger partial charge in [0.2, 0.25) is 0 Å². The van der Waals surface area contributed by atoms with Crippen LogP contribution in [-0.4, -0.2) is 0 Å². The van der Waals surface area contributed by atoms with E-state index < -0.39 is 0 Å². The Morgan fingerprint density at radius 3 is 2.39 bits per heavy atom. The largest absolute Gasteiger partial charge is 0.488 e. The second-order valence-corrected chi connectivity index (χ2v) is 6.22. The third-order valence-corrected chi connectivity index (χ3v) is 4.14. The van der Waals surface area contributed by atoms with Gasteiger partial charge in [-0.2, -0.15) is 0 Å². The van der Waals surface area contributed by atoms with Crippen molar-refractivity contribution in [3.63, 3.8) is 0 Å². The van der Waals surface area contributed by atoms with Gasteiger partial charge < -0.3 is 4.74 Å². The quantitative estimate of drug-likeness (QED) is 0.598. The van der Waals surface area contributed by atoms with Gasteiger partial charge in [-0.25, -0.2) is 4.39 Å². The maximum Gasteiger partial charge on any atom is 0.134 e. The van der Waals surface area contributed by atoms with E-state index in [0.29, 0.717) is 11.1 Å². The van der Waals surface area contributed by atoms with Gasteiger partial charge in [0.1, 0.15) is 18.2 Å². The summed E-state index contributed by atoms with van der Waals surface area (Å²) in [6, 6.07) is 10.2. The summed E-state index contributed by atoms with van der Waals surface area (Å²) < 4.78 is 21.2. The van der Waals surface area contributed by atoms with Gasteiger partial charge in [-0.3, -0.25) is 0 Å². The molecule has 0 fully saturated rings. The molecule has 0 saturated heterocycles. The molecular weight excluding hydrogens is 431 g/mol. The van der Waals surface area contributed by atoms with Crippen molar-refractivity contribution in [2.75, 3.05) is 0 Å². The van der Waals surface area contributed by atoms with Crippen LogP contribution in [-0.2, 0) is 6.61 Å². The van der Waals surface area contributed by atoms with Crippen molar-refractivity contribution in [3.8, 4) is 5.75 Å². The van der Waals surface area contributed by atoms with Gasteiger partial charge in [0.05, 0.1) is 4.47 Å². The van der Waals surface area contributed by atoms with Crippen molar-refractivity contribution in [1.82, 2.24) is 0 Å². The smallest absolute Gasteiger partial charge is 0.134 e. The van der Waals surface area contributed by atoms with Crippen molar-refractivity contribution in [2.45, 2.75) is 6.61 Å². The number of benzene rings is 2. The zero-order valence-corrected chi connectivity index (χ0v) is 13.8. The molecule has 5 heteroatoms. The van der Waals surface area contributed by atoms with E-state index >= 15 is 0 Å². The van der Waals surface area contributed by atoms with Crippen LogP contribution < -0.4 is 4.74 Å². The summed E-state index contributed by atoms with van der Waals surface area (Å²) >= 11 is 10.1. The van der Waals surface area contributed by atoms with Crippen LogP contribution in [0.1, 0.15) is 5.56 Å². The molecule has 1 nitrogen and oxygen atoms in total. The zero-order chi connectivity index (χ0) is 13.1. The molecular formula is C13H8Br3FO. The normalized spacial score (nSPS) is 10.4. The molecule has 0 atom stereocenters. The van der Waals surface area contributed by atoms with E-state index in [1.165, 1.54) is 12.1 Å². The number of halogens is 4. The number of ether oxygens (including phenoxy) is 1. The van der Waals surface area contributed by atoms with E-state index in [1.807, 2.05) is 18.2 Å². The lowest BCUT2D eigenvalue weighted by Gasteiger charge is -2.10. The monoisotopic (exact) mass is 436 g/mol. The first-order valence-electron chi connectivity index (χ1n) is 5.08. The highest BCUT2D eigenvalue weighted by Gasteiger charge is 2.05. The molecule has 2 rings (SSSR count). The van der Waals surface area contributed by atoms with E-state index in [2.05, 4.69) is 47.8 Å². The van der Waals surface area contributed by atoms with E-state index in [0.717, 1.165) is 20.3 Å². The van der Waals surface area contributed by atoms with Gasteiger partial charge in [0.25, 0.3) is 0 Å². The number of rotatable bonds is 3. The van der Waals surface area contributed by atoms with Crippen LogP contribution in [0.25, 0.3) is 0 Å². The summed E-state index contributed by atoms with van der Waals surface area (Å²) in [5.74, 6) is 0.477. The fourth-order valence-electron chi connectivity index (χ4n) is 1.39. The lowest BCUT2D eigenvalue weighted by molar-refractivity contribution is 0.303. The van der Waals surface area contributed by atoms with Crippen LogP contribution in [0.5, 0.6) is 5.75 Å². The van der Waals surface area contributed by atoms with Crippen LogP contribution in [0, 0.1) is 5.82 Å². The van der Waals surface area contributed by atoms with E-state index in [4.69, 9.17) is 4.74 Å². The van der Waals surface area contributed by atoms with E-state index in [-0.39, 0.29) is 5.82 Å². The molecule has 0 aliphatic carbocycles. The summed E-state index contributed by atoms with van der Waals surface area (Å²) in [7, 11) is 0. The highest BCUT2D eigenvalue weighted by atomic mass is 79.9. The zero-order valence-electron chi connectivity index (χ0n) is 9.09. The summed E-state index contributed by atoms with van der Waals surface area (Å²) in [5, 5.41) is 0. The Labute approximate surface area is 130 Å². The summed E-state index contributed by atoms with van der Waals surface area (Å²) in [6.45, 7) is 0.376. The minimum absolute atomic E-state index is 0.268. The van der Waals surface area contributed by atoms with E-state index in [1.54, 1.807) is 6.07 Å². The molecule has 94 valence electrons. The molecule has 0 aliphatic heterocycles. The van der Waals surface area contributed by atoms with E-state index in [9.17, 15) is 4.39 Å². The predicted octanol–water partition coefficient (Wildman–Crippen LogP) is 5.69. The Morgan fingerprint density at radius 2 is 1.72 bits per heavy atom. The van der Waals surface area contributed by atoms with Crippen LogP contribution in [0.4, 0.5) is 4.39 Å². The van der Waals surface area contributed by atoms with Gasteiger partial charge in [-0.1, -0.05) is 37.9 Å². The molecule has 2 aromatic carbocycles. The SMILES string of the molecule is Fc1ccc(COc2ccc(Br)cc2Br)c(Br)c1. The third kappa shape index (κ3) is 3.56. The molecule has 18 heavy (non-hydrogen) atoms. The Kier molecular flexibility index (Phi) is 4.81. The molecule has 0 amide bonds. The van der Waals surface area contributed by atoms with Gasteiger partial charge in [0, 0.05) is 14.5 Å². The van der Waals surface area contributed by atoms with Crippen LogP contribution in [0.2, 0.25) is 0 Å². The molecule has 0 saturated carbocycles. The lowest BCUT2D eigenvalue weighted by Crippen LogP contribution is -1.97. The van der Waals surface area contributed by atoms with Gasteiger partial charge >= 0.3 is 0 Å². The van der Waals surface area contributed by atoms with Crippen LogP contribution in [0.15, 0.2) is 49.8 Å². The first-order valence-corrected chi connectivity index (χ1v) is 7.46. The molecule has 0 spiro atoms. The first-order chi connectivity index (χ1) is 8.56. The molecule has 0 N–H and O–H groups in total. The van der Waals surface area contributed by atoms with Gasteiger partial charge in [0.15, 0.2) is 0 Å². The fourth-order valence-corrected chi connectivity index (χ4v) is 3.01. The molecule has 2 aromatic rings. The highest BCUT2D eigenvalue weighted by molar-refractivity contribution is 9.11. The summed E-state index contributed by atoms with van der Waals surface area (Å²) in [4.78, 5) is 0. The van der Waals surface area contributed by atoms with Crippen LogP contribution >= 0.6 is 47.8 Å². The third-order valence-electron chi connectivity index (χ3n) is 2.29. The minimum atomic E-state index is -0.268. The van der Waals surface area contributed by atoms with Crippen molar-refractivity contribution < 1.29 is 9.13 Å². The Balaban J connectivity index is 2.11. The van der Waals surface area contributed by atoms with Gasteiger partial charge in [-0.15, -0.1) is 0 Å². The Morgan fingerprint density at radius 1 is 0.944 bits per heavy atom. The first kappa shape index (κ1) is 14.0. The topological polar surface area (TPSA) is 9.23 Å². The average molecular weight is 439 g/mol.